The van der Waals surface area contributed by atoms with Crippen LogP contribution in [0.2, 0.25) is 0 Å². The van der Waals surface area contributed by atoms with Gasteiger partial charge >= 0.3 is 0 Å². The molecule has 0 saturated heterocycles. The first-order valence-electron chi connectivity index (χ1n) is 6.56. The predicted molar refractivity (Wildman–Crippen MR) is 78.3 cm³/mol. The molecular weight excluding hydrogens is 272 g/mol. The molecule has 0 aliphatic rings. The third-order valence-electron chi connectivity index (χ3n) is 3.59. The van der Waals surface area contributed by atoms with Crippen LogP contribution in [-0.4, -0.2) is 23.6 Å². The van der Waals surface area contributed by atoms with E-state index in [0.717, 1.165) is 16.3 Å². The summed E-state index contributed by atoms with van der Waals surface area (Å²) in [5, 5.41) is 12.5. The summed E-state index contributed by atoms with van der Waals surface area (Å²) in [7, 11) is 1.57. The Labute approximate surface area is 120 Å². The second kappa shape index (κ2) is 5.05. The van der Waals surface area contributed by atoms with Crippen molar-refractivity contribution in [3.63, 3.8) is 0 Å². The summed E-state index contributed by atoms with van der Waals surface area (Å²) >= 11 is 0. The molecule has 0 aliphatic carbocycles. The highest BCUT2D eigenvalue weighted by Crippen LogP contribution is 2.39. The van der Waals surface area contributed by atoms with Crippen molar-refractivity contribution in [2.75, 3.05) is 13.7 Å². The first-order chi connectivity index (χ1) is 10.1. The van der Waals surface area contributed by atoms with Gasteiger partial charge in [-0.3, -0.25) is 15.1 Å². The van der Waals surface area contributed by atoms with Crippen LogP contribution in [0.5, 0.6) is 5.75 Å². The molecule has 3 rings (SSSR count). The van der Waals surface area contributed by atoms with Crippen LogP contribution in [0.4, 0.5) is 0 Å². The van der Waals surface area contributed by atoms with Crippen molar-refractivity contribution in [1.82, 2.24) is 4.98 Å². The van der Waals surface area contributed by atoms with Crippen molar-refractivity contribution >= 4 is 21.9 Å². The Kier molecular flexibility index (Phi) is 3.21. The van der Waals surface area contributed by atoms with Crippen molar-refractivity contribution in [1.29, 1.82) is 0 Å². The quantitative estimate of drug-likeness (QED) is 0.542. The highest BCUT2D eigenvalue weighted by atomic mass is 16.6. The number of hydrogen-bond acceptors (Lipinski definition) is 5. The van der Waals surface area contributed by atoms with Gasteiger partial charge in [-0.1, -0.05) is 13.0 Å². The third kappa shape index (κ3) is 2.18. The number of nitrogens with zero attached hydrogens (tertiary/aromatic N) is 2. The summed E-state index contributed by atoms with van der Waals surface area (Å²) in [5.74, 6) is 0.389. The minimum atomic E-state index is -0.301. The second-order valence-corrected chi connectivity index (χ2v) is 4.95. The van der Waals surface area contributed by atoms with E-state index in [1.807, 2.05) is 19.1 Å². The van der Waals surface area contributed by atoms with Crippen LogP contribution < -0.4 is 4.74 Å². The fraction of sp³-hybridized carbons (Fsp3) is 0.267. The van der Waals surface area contributed by atoms with Crippen molar-refractivity contribution in [2.24, 2.45) is 0 Å². The highest BCUT2D eigenvalue weighted by molar-refractivity contribution is 6.08. The number of fused-ring (bicyclic) bond motifs is 3. The van der Waals surface area contributed by atoms with Gasteiger partial charge in [0, 0.05) is 27.8 Å². The molecule has 2 aromatic heterocycles. The summed E-state index contributed by atoms with van der Waals surface area (Å²) in [5.41, 5.74) is 2.13. The number of hydrogen-bond donors (Lipinski definition) is 0. The molecule has 1 aromatic carbocycles. The number of nitro groups is 1. The van der Waals surface area contributed by atoms with Crippen molar-refractivity contribution in [2.45, 2.75) is 12.8 Å². The summed E-state index contributed by atoms with van der Waals surface area (Å²) in [4.78, 5) is 14.5. The minimum absolute atomic E-state index is 0.126. The van der Waals surface area contributed by atoms with Crippen molar-refractivity contribution in [3.05, 3.63) is 46.3 Å². The molecule has 0 amide bonds. The lowest BCUT2D eigenvalue weighted by Crippen LogP contribution is -2.09. The first kappa shape index (κ1) is 13.4. The molecule has 21 heavy (non-hydrogen) atoms. The van der Waals surface area contributed by atoms with Gasteiger partial charge < -0.3 is 9.15 Å². The molecule has 2 heterocycles. The lowest BCUT2D eigenvalue weighted by molar-refractivity contribution is -0.482. The second-order valence-electron chi connectivity index (χ2n) is 4.95. The van der Waals surface area contributed by atoms with E-state index >= 15 is 0 Å². The molecule has 1 unspecified atom stereocenters. The zero-order valence-corrected chi connectivity index (χ0v) is 11.7. The van der Waals surface area contributed by atoms with E-state index in [0.29, 0.717) is 16.9 Å². The Hall–Kier alpha value is -2.63. The van der Waals surface area contributed by atoms with Gasteiger partial charge in [-0.15, -0.1) is 0 Å². The Balaban J connectivity index is 2.32. The van der Waals surface area contributed by atoms with E-state index in [2.05, 4.69) is 4.98 Å². The van der Waals surface area contributed by atoms with Gasteiger partial charge in [-0.05, 0) is 17.7 Å². The average molecular weight is 286 g/mol. The fourth-order valence-corrected chi connectivity index (χ4v) is 2.63. The largest absolute Gasteiger partial charge is 0.493 e. The molecule has 0 spiro atoms. The molecule has 0 bridgehead atoms. The first-order valence-corrected chi connectivity index (χ1v) is 6.56. The van der Waals surface area contributed by atoms with E-state index in [4.69, 9.17) is 9.15 Å². The van der Waals surface area contributed by atoms with Crippen LogP contribution in [0, 0.1) is 10.1 Å². The zero-order chi connectivity index (χ0) is 15.0. The Morgan fingerprint density at radius 3 is 2.95 bits per heavy atom. The molecular formula is C15H14N2O4. The molecule has 0 radical (unpaired) electrons. The van der Waals surface area contributed by atoms with Crippen LogP contribution in [0.15, 0.2) is 35.0 Å². The molecule has 0 fully saturated rings. The maximum Gasteiger partial charge on any atom is 0.210 e. The molecule has 0 aliphatic heterocycles. The summed E-state index contributed by atoms with van der Waals surface area (Å²) in [6.45, 7) is 1.71. The van der Waals surface area contributed by atoms with Gasteiger partial charge in [0.05, 0.1) is 13.3 Å². The van der Waals surface area contributed by atoms with E-state index in [1.54, 1.807) is 25.6 Å². The summed E-state index contributed by atoms with van der Waals surface area (Å²) in [6, 6.07) is 5.50. The van der Waals surface area contributed by atoms with Crippen molar-refractivity contribution in [3.8, 4) is 5.75 Å². The number of furan rings is 1. The molecule has 6 heteroatoms. The minimum Gasteiger partial charge on any atom is -0.493 e. The van der Waals surface area contributed by atoms with E-state index in [9.17, 15) is 10.1 Å². The topological polar surface area (TPSA) is 78.4 Å². The summed E-state index contributed by atoms with van der Waals surface area (Å²) in [6.07, 6.45) is 3.31. The highest BCUT2D eigenvalue weighted by Gasteiger charge is 2.21. The van der Waals surface area contributed by atoms with Gasteiger partial charge in [0.2, 0.25) is 6.54 Å². The van der Waals surface area contributed by atoms with Gasteiger partial charge in [0.25, 0.3) is 0 Å². The molecule has 6 nitrogen and oxygen atoms in total. The number of pyridine rings is 1. The van der Waals surface area contributed by atoms with Crippen molar-refractivity contribution < 1.29 is 14.1 Å². The van der Waals surface area contributed by atoms with E-state index in [-0.39, 0.29) is 17.4 Å². The van der Waals surface area contributed by atoms with E-state index in [1.165, 1.54) is 0 Å². The lowest BCUT2D eigenvalue weighted by Gasteiger charge is -2.10. The van der Waals surface area contributed by atoms with Crippen LogP contribution in [0.1, 0.15) is 18.4 Å². The lowest BCUT2D eigenvalue weighted by atomic mass is 9.95. The average Bonchev–Trinajstić information content (AvgIpc) is 2.85. The Bertz CT molecular complexity index is 825. The number of methoxy groups -OCH3 is 1. The third-order valence-corrected chi connectivity index (χ3v) is 3.59. The van der Waals surface area contributed by atoms with Gasteiger partial charge in [0.15, 0.2) is 16.9 Å². The van der Waals surface area contributed by atoms with Crippen LogP contribution in [0.3, 0.4) is 0 Å². The van der Waals surface area contributed by atoms with Gasteiger partial charge in [-0.2, -0.15) is 0 Å². The molecule has 0 N–H and O–H groups in total. The zero-order valence-electron chi connectivity index (χ0n) is 11.7. The van der Waals surface area contributed by atoms with Crippen LogP contribution >= 0.6 is 0 Å². The fourth-order valence-electron chi connectivity index (χ4n) is 2.63. The monoisotopic (exact) mass is 286 g/mol. The number of ether oxygens (including phenoxy) is 1. The molecule has 0 saturated carbocycles. The molecule has 1 atom stereocenters. The molecule has 108 valence electrons. The van der Waals surface area contributed by atoms with Gasteiger partial charge in [0.1, 0.15) is 0 Å². The number of aromatic nitrogens is 1. The smallest absolute Gasteiger partial charge is 0.210 e. The van der Waals surface area contributed by atoms with E-state index < -0.39 is 0 Å². The maximum atomic E-state index is 10.8. The summed E-state index contributed by atoms with van der Waals surface area (Å²) < 4.78 is 11.1. The SMILES string of the molecule is COc1ccc(C(C)C[N+](=O)[O-])c2c1oc1cnccc12. The standard InChI is InChI=1S/C15H14N2O4/c1-9(8-17(18)19)10-3-4-12(20-2)15-14(10)11-5-6-16-7-13(11)21-15/h3-7,9H,8H2,1-2H3. The van der Waals surface area contributed by atoms with Gasteiger partial charge in [-0.25, -0.2) is 0 Å². The maximum absolute atomic E-state index is 10.8. The number of benzene rings is 1. The normalized spacial score (nSPS) is 12.7. The number of rotatable bonds is 4. The van der Waals surface area contributed by atoms with Crippen LogP contribution in [-0.2, 0) is 0 Å². The Morgan fingerprint density at radius 2 is 2.24 bits per heavy atom. The molecule has 3 aromatic rings. The Morgan fingerprint density at radius 1 is 1.43 bits per heavy atom. The predicted octanol–water partition coefficient (Wildman–Crippen LogP) is 3.37. The van der Waals surface area contributed by atoms with Crippen LogP contribution in [0.25, 0.3) is 21.9 Å².